The van der Waals surface area contributed by atoms with Gasteiger partial charge in [0.2, 0.25) is 0 Å². The van der Waals surface area contributed by atoms with E-state index in [2.05, 4.69) is 37.2 Å². The van der Waals surface area contributed by atoms with E-state index in [-0.39, 0.29) is 0 Å². The summed E-state index contributed by atoms with van der Waals surface area (Å²) in [5, 5.41) is 3.42. The molecule has 2 nitrogen and oxygen atoms in total. The van der Waals surface area contributed by atoms with Gasteiger partial charge in [-0.15, -0.1) is 11.3 Å². The van der Waals surface area contributed by atoms with E-state index in [0.717, 1.165) is 24.0 Å². The van der Waals surface area contributed by atoms with Crippen molar-refractivity contribution < 1.29 is 0 Å². The van der Waals surface area contributed by atoms with Crippen molar-refractivity contribution in [2.45, 2.75) is 32.9 Å². The van der Waals surface area contributed by atoms with Crippen molar-refractivity contribution in [2.75, 3.05) is 20.1 Å². The lowest BCUT2D eigenvalue weighted by molar-refractivity contribution is 0.307. The van der Waals surface area contributed by atoms with Crippen LogP contribution in [0.15, 0.2) is 12.1 Å². The van der Waals surface area contributed by atoms with Crippen molar-refractivity contribution in [3.63, 3.8) is 0 Å². The molecule has 0 amide bonds. The highest BCUT2D eigenvalue weighted by atomic mass is 35.5. The van der Waals surface area contributed by atoms with E-state index < -0.39 is 0 Å². The van der Waals surface area contributed by atoms with E-state index >= 15 is 0 Å². The largest absolute Gasteiger partial charge is 0.314 e. The quantitative estimate of drug-likeness (QED) is 0.810. The van der Waals surface area contributed by atoms with Gasteiger partial charge in [-0.05, 0) is 45.6 Å². The second-order valence-corrected chi connectivity index (χ2v) is 5.99. The van der Waals surface area contributed by atoms with Crippen molar-refractivity contribution in [1.29, 1.82) is 0 Å². The van der Waals surface area contributed by atoms with Gasteiger partial charge in [0.1, 0.15) is 0 Å². The molecule has 1 aromatic rings. The Balaban J connectivity index is 2.23. The van der Waals surface area contributed by atoms with Gasteiger partial charge >= 0.3 is 0 Å². The summed E-state index contributed by atoms with van der Waals surface area (Å²) in [6.45, 7) is 7.54. The topological polar surface area (TPSA) is 15.3 Å². The fourth-order valence-corrected chi connectivity index (χ4v) is 2.81. The zero-order valence-corrected chi connectivity index (χ0v) is 11.9. The lowest BCUT2D eigenvalue weighted by Crippen LogP contribution is -2.30. The van der Waals surface area contributed by atoms with Gasteiger partial charge in [0.05, 0.1) is 4.34 Å². The summed E-state index contributed by atoms with van der Waals surface area (Å²) in [6.07, 6.45) is 1.18. The number of nitrogens with zero attached hydrogens (tertiary/aromatic N) is 1. The molecule has 1 N–H and O–H groups in total. The van der Waals surface area contributed by atoms with Gasteiger partial charge in [0.15, 0.2) is 0 Å². The highest BCUT2D eigenvalue weighted by Gasteiger charge is 2.05. The first kappa shape index (κ1) is 14.0. The van der Waals surface area contributed by atoms with Crippen LogP contribution in [0.2, 0.25) is 4.34 Å². The Morgan fingerprint density at radius 3 is 2.81 bits per heavy atom. The Kier molecular flexibility index (Phi) is 6.36. The van der Waals surface area contributed by atoms with Gasteiger partial charge in [0, 0.05) is 17.5 Å². The Morgan fingerprint density at radius 1 is 1.50 bits per heavy atom. The van der Waals surface area contributed by atoms with Crippen LogP contribution in [0.25, 0.3) is 0 Å². The SMILES string of the molecule is CCNC(C)CCN(C)Cc1ccc(Cl)s1. The van der Waals surface area contributed by atoms with Crippen LogP contribution in [-0.4, -0.2) is 31.1 Å². The van der Waals surface area contributed by atoms with Gasteiger partial charge in [-0.2, -0.15) is 0 Å². The molecule has 0 radical (unpaired) electrons. The number of hydrogen-bond acceptors (Lipinski definition) is 3. The number of halogens is 1. The molecule has 92 valence electrons. The maximum atomic E-state index is 5.90. The summed E-state index contributed by atoms with van der Waals surface area (Å²) >= 11 is 7.57. The third-order valence-electron chi connectivity index (χ3n) is 2.55. The molecular weight excluding hydrogens is 240 g/mol. The monoisotopic (exact) mass is 260 g/mol. The highest BCUT2D eigenvalue weighted by molar-refractivity contribution is 7.16. The smallest absolute Gasteiger partial charge is 0.0931 e. The zero-order valence-electron chi connectivity index (χ0n) is 10.3. The molecule has 16 heavy (non-hydrogen) atoms. The average molecular weight is 261 g/mol. The molecule has 1 aromatic heterocycles. The van der Waals surface area contributed by atoms with Gasteiger partial charge in [0.25, 0.3) is 0 Å². The van der Waals surface area contributed by atoms with Crippen LogP contribution in [0.5, 0.6) is 0 Å². The Bertz CT molecular complexity index is 301. The van der Waals surface area contributed by atoms with Crippen LogP contribution in [0.3, 0.4) is 0 Å². The molecule has 0 fully saturated rings. The minimum atomic E-state index is 0.597. The number of rotatable bonds is 7. The number of thiophene rings is 1. The predicted molar refractivity (Wildman–Crippen MR) is 73.4 cm³/mol. The van der Waals surface area contributed by atoms with Gasteiger partial charge in [-0.1, -0.05) is 18.5 Å². The highest BCUT2D eigenvalue weighted by Crippen LogP contribution is 2.22. The standard InChI is InChI=1S/C12H21ClN2S/c1-4-14-10(2)7-8-15(3)9-11-5-6-12(13)16-11/h5-6,10,14H,4,7-9H2,1-3H3. The summed E-state index contributed by atoms with van der Waals surface area (Å²) in [5.74, 6) is 0. The number of nitrogens with one attached hydrogen (secondary N) is 1. The second-order valence-electron chi connectivity index (χ2n) is 4.19. The third kappa shape index (κ3) is 5.30. The fourth-order valence-electron chi connectivity index (χ4n) is 1.65. The molecule has 4 heteroatoms. The van der Waals surface area contributed by atoms with Crippen molar-refractivity contribution >= 4 is 22.9 Å². The Hall–Kier alpha value is -0.0900. The van der Waals surface area contributed by atoms with E-state index in [0.29, 0.717) is 6.04 Å². The van der Waals surface area contributed by atoms with Crippen molar-refractivity contribution in [3.05, 3.63) is 21.3 Å². The number of hydrogen-bond donors (Lipinski definition) is 1. The van der Waals surface area contributed by atoms with Crippen molar-refractivity contribution in [2.24, 2.45) is 0 Å². The first-order valence-electron chi connectivity index (χ1n) is 5.78. The molecule has 0 aliphatic carbocycles. The normalized spacial score (nSPS) is 13.3. The van der Waals surface area contributed by atoms with Gasteiger partial charge in [-0.25, -0.2) is 0 Å². The summed E-state index contributed by atoms with van der Waals surface area (Å²) in [6, 6.07) is 4.67. The average Bonchev–Trinajstić information content (AvgIpc) is 2.61. The summed E-state index contributed by atoms with van der Waals surface area (Å²) in [4.78, 5) is 3.68. The second kappa shape index (κ2) is 7.28. The van der Waals surface area contributed by atoms with E-state index in [1.807, 2.05) is 6.07 Å². The van der Waals surface area contributed by atoms with Crippen LogP contribution < -0.4 is 5.32 Å². The Labute approximate surface area is 108 Å². The molecule has 0 aliphatic heterocycles. The third-order valence-corrected chi connectivity index (χ3v) is 3.77. The van der Waals surface area contributed by atoms with Gasteiger partial charge in [-0.3, -0.25) is 0 Å². The lowest BCUT2D eigenvalue weighted by Gasteiger charge is -2.19. The van der Waals surface area contributed by atoms with Crippen LogP contribution in [0.1, 0.15) is 25.1 Å². The summed E-state index contributed by atoms with van der Waals surface area (Å²) < 4.78 is 0.879. The molecule has 0 saturated heterocycles. The van der Waals surface area contributed by atoms with E-state index in [9.17, 15) is 0 Å². The molecular formula is C12H21ClN2S. The molecule has 1 atom stereocenters. The van der Waals surface area contributed by atoms with Crippen LogP contribution in [0, 0.1) is 0 Å². The van der Waals surface area contributed by atoms with Crippen LogP contribution in [-0.2, 0) is 6.54 Å². The minimum Gasteiger partial charge on any atom is -0.314 e. The van der Waals surface area contributed by atoms with Crippen molar-refractivity contribution in [1.82, 2.24) is 10.2 Å². The minimum absolute atomic E-state index is 0.597. The molecule has 1 unspecified atom stereocenters. The lowest BCUT2D eigenvalue weighted by atomic mass is 10.2. The molecule has 0 spiro atoms. The fraction of sp³-hybridized carbons (Fsp3) is 0.667. The molecule has 0 bridgehead atoms. The maximum absolute atomic E-state index is 5.90. The van der Waals surface area contributed by atoms with Crippen LogP contribution >= 0.6 is 22.9 Å². The first-order valence-corrected chi connectivity index (χ1v) is 6.97. The molecule has 0 aromatic carbocycles. The maximum Gasteiger partial charge on any atom is 0.0931 e. The predicted octanol–water partition coefficient (Wildman–Crippen LogP) is 3.22. The van der Waals surface area contributed by atoms with Crippen LogP contribution in [0.4, 0.5) is 0 Å². The first-order chi connectivity index (χ1) is 7.61. The molecule has 1 rings (SSSR count). The molecule has 0 aliphatic rings. The van der Waals surface area contributed by atoms with Gasteiger partial charge < -0.3 is 10.2 Å². The molecule has 0 saturated carbocycles. The summed E-state index contributed by atoms with van der Waals surface area (Å²) in [5.41, 5.74) is 0. The molecule has 1 heterocycles. The van der Waals surface area contributed by atoms with E-state index in [1.54, 1.807) is 11.3 Å². The van der Waals surface area contributed by atoms with Crippen molar-refractivity contribution in [3.8, 4) is 0 Å². The Morgan fingerprint density at radius 2 is 2.25 bits per heavy atom. The summed E-state index contributed by atoms with van der Waals surface area (Å²) in [7, 11) is 2.16. The van der Waals surface area contributed by atoms with E-state index in [4.69, 9.17) is 11.6 Å². The zero-order chi connectivity index (χ0) is 12.0. The van der Waals surface area contributed by atoms with E-state index in [1.165, 1.54) is 11.3 Å².